The van der Waals surface area contributed by atoms with E-state index in [0.29, 0.717) is 10.8 Å². The maximum absolute atomic E-state index is 12.6. The minimum Gasteiger partial charge on any atom is -0.296 e. The molecule has 1 amide bonds. The quantitative estimate of drug-likeness (QED) is 0.560. The van der Waals surface area contributed by atoms with Crippen LogP contribution in [0.3, 0.4) is 0 Å². The molecule has 134 valence electrons. The van der Waals surface area contributed by atoms with Crippen molar-refractivity contribution in [3.63, 3.8) is 0 Å². The van der Waals surface area contributed by atoms with Gasteiger partial charge in [0.2, 0.25) is 0 Å². The molecule has 0 fully saturated rings. The molecule has 0 aliphatic rings. The van der Waals surface area contributed by atoms with Crippen molar-refractivity contribution < 1.29 is 4.79 Å². The molecule has 0 radical (unpaired) electrons. The van der Waals surface area contributed by atoms with Gasteiger partial charge in [0, 0.05) is 18.3 Å². The summed E-state index contributed by atoms with van der Waals surface area (Å²) in [6, 6.07) is 21.8. The second-order valence-electron chi connectivity index (χ2n) is 6.18. The third-order valence-corrected chi connectivity index (χ3v) is 5.30. The molecule has 0 saturated carbocycles. The number of anilines is 1. The highest BCUT2D eigenvalue weighted by atomic mass is 32.1. The predicted molar refractivity (Wildman–Crippen MR) is 109 cm³/mol. The van der Waals surface area contributed by atoms with E-state index >= 15 is 0 Å². The maximum Gasteiger partial charge on any atom is 0.277 e. The first-order chi connectivity index (χ1) is 13.1. The summed E-state index contributed by atoms with van der Waals surface area (Å²) < 4.78 is 1.68. The van der Waals surface area contributed by atoms with Crippen molar-refractivity contribution in [2.75, 3.05) is 5.32 Å². The molecule has 2 heterocycles. The Bertz CT molecular complexity index is 1010. The van der Waals surface area contributed by atoms with Crippen LogP contribution in [0.5, 0.6) is 0 Å². The summed E-state index contributed by atoms with van der Waals surface area (Å²) in [6.07, 6.45) is 0. The van der Waals surface area contributed by atoms with Gasteiger partial charge in [-0.05, 0) is 18.6 Å². The van der Waals surface area contributed by atoms with E-state index in [2.05, 4.69) is 10.4 Å². The summed E-state index contributed by atoms with van der Waals surface area (Å²) in [7, 11) is 1.82. The maximum atomic E-state index is 12.6. The molecule has 6 heteroatoms. The minimum atomic E-state index is -0.258. The lowest BCUT2D eigenvalue weighted by atomic mass is 10.1. The number of aromatic nitrogens is 3. The van der Waals surface area contributed by atoms with Crippen LogP contribution in [0.1, 0.15) is 16.2 Å². The van der Waals surface area contributed by atoms with Crippen molar-refractivity contribution in [3.05, 3.63) is 78.1 Å². The van der Waals surface area contributed by atoms with Gasteiger partial charge in [-0.25, -0.2) is 4.98 Å². The number of hydrogen-bond acceptors (Lipinski definition) is 4. The van der Waals surface area contributed by atoms with Crippen molar-refractivity contribution in [1.29, 1.82) is 0 Å². The van der Waals surface area contributed by atoms with Gasteiger partial charge < -0.3 is 0 Å². The summed E-state index contributed by atoms with van der Waals surface area (Å²) >= 11 is 1.46. The molecule has 1 N–H and O–H groups in total. The highest BCUT2D eigenvalue weighted by Gasteiger charge is 2.18. The monoisotopic (exact) mass is 374 g/mol. The predicted octanol–water partition coefficient (Wildman–Crippen LogP) is 4.77. The minimum absolute atomic E-state index is 0.258. The molecule has 4 aromatic rings. The van der Waals surface area contributed by atoms with Gasteiger partial charge >= 0.3 is 0 Å². The zero-order valence-corrected chi connectivity index (χ0v) is 15.8. The van der Waals surface area contributed by atoms with Crippen LogP contribution in [0.2, 0.25) is 0 Å². The molecule has 4 rings (SSSR count). The molecule has 2 aromatic heterocycles. The normalized spacial score (nSPS) is 10.7. The highest BCUT2D eigenvalue weighted by Crippen LogP contribution is 2.38. The number of carbonyl (C=O) groups excluding carboxylic acids is 1. The second kappa shape index (κ2) is 7.17. The number of benzene rings is 2. The van der Waals surface area contributed by atoms with E-state index in [1.807, 2.05) is 74.6 Å². The zero-order chi connectivity index (χ0) is 18.8. The lowest BCUT2D eigenvalue weighted by Gasteiger charge is -2.02. The number of rotatable bonds is 4. The summed E-state index contributed by atoms with van der Waals surface area (Å²) in [5.41, 5.74) is 4.26. The Morgan fingerprint density at radius 2 is 1.63 bits per heavy atom. The molecule has 0 aliphatic heterocycles. The van der Waals surface area contributed by atoms with Gasteiger partial charge in [-0.15, -0.1) is 0 Å². The zero-order valence-electron chi connectivity index (χ0n) is 15.0. The average Bonchev–Trinajstić information content (AvgIpc) is 3.27. The third-order valence-electron chi connectivity index (χ3n) is 4.28. The van der Waals surface area contributed by atoms with Gasteiger partial charge in [-0.1, -0.05) is 72.0 Å². The third kappa shape index (κ3) is 3.52. The topological polar surface area (TPSA) is 59.8 Å². The lowest BCUT2D eigenvalue weighted by Crippen LogP contribution is -2.12. The van der Waals surface area contributed by atoms with Crippen LogP contribution in [0, 0.1) is 6.92 Å². The summed E-state index contributed by atoms with van der Waals surface area (Å²) in [5.74, 6) is -0.258. The van der Waals surface area contributed by atoms with Gasteiger partial charge in [-0.2, -0.15) is 5.10 Å². The molecule has 27 heavy (non-hydrogen) atoms. The van der Waals surface area contributed by atoms with Crippen molar-refractivity contribution in [2.45, 2.75) is 6.92 Å². The van der Waals surface area contributed by atoms with Gasteiger partial charge in [0.1, 0.15) is 0 Å². The van der Waals surface area contributed by atoms with E-state index in [0.717, 1.165) is 27.4 Å². The summed E-state index contributed by atoms with van der Waals surface area (Å²) in [6.45, 7) is 1.91. The van der Waals surface area contributed by atoms with Crippen molar-refractivity contribution >= 4 is 22.4 Å². The first-order valence-corrected chi connectivity index (χ1v) is 9.37. The lowest BCUT2D eigenvalue weighted by molar-refractivity contribution is 0.102. The van der Waals surface area contributed by atoms with Crippen molar-refractivity contribution in [3.8, 4) is 21.7 Å². The molecule has 2 aromatic carbocycles. The van der Waals surface area contributed by atoms with Crippen LogP contribution < -0.4 is 5.32 Å². The van der Waals surface area contributed by atoms with Crippen LogP contribution in [0.15, 0.2) is 66.7 Å². The summed E-state index contributed by atoms with van der Waals surface area (Å²) in [5, 5.41) is 7.68. The van der Waals surface area contributed by atoms with E-state index in [9.17, 15) is 4.79 Å². The largest absolute Gasteiger partial charge is 0.296 e. The molecular formula is C21H18N4OS. The van der Waals surface area contributed by atoms with Gasteiger partial charge in [0.25, 0.3) is 5.91 Å². The Hall–Kier alpha value is -3.25. The fourth-order valence-electron chi connectivity index (χ4n) is 2.78. The standard InChI is InChI=1S/C21H18N4OS/c1-14-13-17(24-25(14)2)20(26)23-21-22-18(15-9-5-3-6-10-15)19(27-21)16-11-7-4-8-12-16/h3-13H,1-2H3,(H,22,23,26). The van der Waals surface area contributed by atoms with E-state index in [1.54, 1.807) is 10.7 Å². The number of carbonyl (C=O) groups is 1. The number of nitrogens with zero attached hydrogens (tertiary/aromatic N) is 3. The van der Waals surface area contributed by atoms with E-state index < -0.39 is 0 Å². The Labute approximate surface area is 161 Å². The van der Waals surface area contributed by atoms with Crippen LogP contribution in [0.25, 0.3) is 21.7 Å². The first-order valence-electron chi connectivity index (χ1n) is 8.55. The highest BCUT2D eigenvalue weighted by molar-refractivity contribution is 7.19. The molecule has 0 saturated heterocycles. The first kappa shape index (κ1) is 17.2. The molecule has 0 aliphatic carbocycles. The van der Waals surface area contributed by atoms with Crippen molar-refractivity contribution in [2.24, 2.45) is 7.05 Å². The van der Waals surface area contributed by atoms with Crippen LogP contribution in [-0.2, 0) is 7.05 Å². The molecule has 5 nitrogen and oxygen atoms in total. The number of nitrogens with one attached hydrogen (secondary N) is 1. The van der Waals surface area contributed by atoms with Crippen LogP contribution >= 0.6 is 11.3 Å². The van der Waals surface area contributed by atoms with Crippen LogP contribution in [0.4, 0.5) is 5.13 Å². The van der Waals surface area contributed by atoms with Crippen molar-refractivity contribution in [1.82, 2.24) is 14.8 Å². The molecular weight excluding hydrogens is 356 g/mol. The van der Waals surface area contributed by atoms with Gasteiger partial charge in [0.15, 0.2) is 10.8 Å². The number of aryl methyl sites for hydroxylation is 2. The molecule has 0 unspecified atom stereocenters. The number of thiazole rings is 1. The fourth-order valence-corrected chi connectivity index (χ4v) is 3.77. The van der Waals surface area contributed by atoms with E-state index in [-0.39, 0.29) is 5.91 Å². The van der Waals surface area contributed by atoms with Gasteiger partial charge in [-0.3, -0.25) is 14.8 Å². The van der Waals surface area contributed by atoms with Gasteiger partial charge in [0.05, 0.1) is 10.6 Å². The number of hydrogen-bond donors (Lipinski definition) is 1. The Kier molecular flexibility index (Phi) is 4.56. The van der Waals surface area contributed by atoms with E-state index in [1.165, 1.54) is 11.3 Å². The average molecular weight is 374 g/mol. The van der Waals surface area contributed by atoms with E-state index in [4.69, 9.17) is 4.98 Å². The Morgan fingerprint density at radius 3 is 2.22 bits per heavy atom. The fraction of sp³-hybridized carbons (Fsp3) is 0.0952. The second-order valence-corrected chi connectivity index (χ2v) is 7.18. The summed E-state index contributed by atoms with van der Waals surface area (Å²) in [4.78, 5) is 18.3. The Morgan fingerprint density at radius 1 is 1.00 bits per heavy atom. The van der Waals surface area contributed by atoms with Crippen LogP contribution in [-0.4, -0.2) is 20.7 Å². The molecule has 0 spiro atoms. The molecule has 0 atom stereocenters. The SMILES string of the molecule is Cc1cc(C(=O)Nc2nc(-c3ccccc3)c(-c3ccccc3)s2)nn1C. The number of amides is 1. The smallest absolute Gasteiger partial charge is 0.277 e. The Balaban J connectivity index is 1.72. The molecule has 0 bridgehead atoms.